The summed E-state index contributed by atoms with van der Waals surface area (Å²) < 4.78 is 18.5. The summed E-state index contributed by atoms with van der Waals surface area (Å²) in [6.07, 6.45) is 7.48. The first-order valence-electron chi connectivity index (χ1n) is 12.2. The van der Waals surface area contributed by atoms with Gasteiger partial charge in [0.05, 0.1) is 0 Å². The Morgan fingerprint density at radius 2 is 1.84 bits per heavy atom. The van der Waals surface area contributed by atoms with Crippen molar-refractivity contribution in [2.24, 2.45) is 4.36 Å². The molecule has 0 amide bonds. The van der Waals surface area contributed by atoms with Gasteiger partial charge in [0.25, 0.3) is 0 Å². The first-order valence-corrected chi connectivity index (χ1v) is 14.6. The van der Waals surface area contributed by atoms with E-state index >= 15 is 0 Å². The molecule has 9 nitrogen and oxygen atoms in total. The van der Waals surface area contributed by atoms with E-state index in [1.54, 1.807) is 18.6 Å². The Labute approximate surface area is 218 Å². The Bertz CT molecular complexity index is 1540. The Morgan fingerprint density at radius 1 is 1.08 bits per heavy atom. The van der Waals surface area contributed by atoms with Gasteiger partial charge in [-0.1, -0.05) is 12.1 Å². The molecule has 1 fully saturated rings. The van der Waals surface area contributed by atoms with E-state index in [0.29, 0.717) is 24.0 Å². The van der Waals surface area contributed by atoms with Crippen molar-refractivity contribution in [3.05, 3.63) is 73.1 Å². The van der Waals surface area contributed by atoms with Gasteiger partial charge < -0.3 is 15.1 Å². The van der Waals surface area contributed by atoms with E-state index in [9.17, 15) is 4.21 Å². The van der Waals surface area contributed by atoms with Crippen molar-refractivity contribution in [1.29, 1.82) is 0 Å². The SMILES string of the molecule is C=CCc1cc2cnc(Nc3ccc(N4CCN(C)CC4)cc3)nc2n1-c1cccc(N=S(C)(C)=O)n1. The van der Waals surface area contributed by atoms with Crippen LogP contribution in [0.15, 0.2) is 71.7 Å². The summed E-state index contributed by atoms with van der Waals surface area (Å²) >= 11 is 0. The van der Waals surface area contributed by atoms with E-state index in [-0.39, 0.29) is 0 Å². The van der Waals surface area contributed by atoms with Gasteiger partial charge in [0, 0.05) is 83.5 Å². The maximum Gasteiger partial charge on any atom is 0.229 e. The third-order valence-corrected chi connectivity index (χ3v) is 6.85. The predicted molar refractivity (Wildman–Crippen MR) is 152 cm³/mol. The molecule has 0 saturated carbocycles. The van der Waals surface area contributed by atoms with Gasteiger partial charge in [-0.15, -0.1) is 6.58 Å². The monoisotopic (exact) mass is 516 g/mol. The van der Waals surface area contributed by atoms with Crippen LogP contribution in [-0.2, 0) is 16.1 Å². The van der Waals surface area contributed by atoms with Crippen molar-refractivity contribution in [2.75, 3.05) is 56.0 Å². The summed E-state index contributed by atoms with van der Waals surface area (Å²) in [6.45, 7) is 8.11. The third kappa shape index (κ3) is 5.81. The second-order valence-electron chi connectivity index (χ2n) is 9.53. The van der Waals surface area contributed by atoms with Gasteiger partial charge >= 0.3 is 0 Å². The zero-order valence-electron chi connectivity index (χ0n) is 21.5. The maximum absolute atomic E-state index is 12.2. The highest BCUT2D eigenvalue weighted by molar-refractivity contribution is 7.92. The number of anilines is 3. The van der Waals surface area contributed by atoms with Crippen LogP contribution in [0.2, 0.25) is 0 Å². The summed E-state index contributed by atoms with van der Waals surface area (Å²) in [5, 5.41) is 4.23. The molecule has 1 aliphatic heterocycles. The molecule has 0 radical (unpaired) electrons. The molecule has 1 N–H and O–H groups in total. The van der Waals surface area contributed by atoms with E-state index in [1.807, 2.05) is 35.0 Å². The second kappa shape index (κ2) is 10.3. The highest BCUT2D eigenvalue weighted by Gasteiger charge is 2.16. The number of pyridine rings is 1. The van der Waals surface area contributed by atoms with E-state index < -0.39 is 9.73 Å². The zero-order valence-corrected chi connectivity index (χ0v) is 22.3. The molecule has 0 atom stereocenters. The summed E-state index contributed by atoms with van der Waals surface area (Å²) in [4.78, 5) is 18.8. The largest absolute Gasteiger partial charge is 0.369 e. The van der Waals surface area contributed by atoms with Crippen molar-refractivity contribution < 1.29 is 4.21 Å². The fraction of sp³-hybridized carbons (Fsp3) is 0.296. The van der Waals surface area contributed by atoms with E-state index in [2.05, 4.69) is 67.3 Å². The molecular weight excluding hydrogens is 484 g/mol. The van der Waals surface area contributed by atoms with Crippen molar-refractivity contribution in [1.82, 2.24) is 24.4 Å². The lowest BCUT2D eigenvalue weighted by molar-refractivity contribution is 0.313. The minimum Gasteiger partial charge on any atom is -0.369 e. The number of likely N-dealkylation sites (N-methyl/N-ethyl adjacent to an activating group) is 1. The van der Waals surface area contributed by atoms with E-state index in [4.69, 9.17) is 4.98 Å². The molecule has 0 unspecified atom stereocenters. The lowest BCUT2D eigenvalue weighted by Gasteiger charge is -2.34. The number of allylic oxidation sites excluding steroid dienone is 1. The Morgan fingerprint density at radius 3 is 2.54 bits per heavy atom. The number of hydrogen-bond donors (Lipinski definition) is 1. The highest BCUT2D eigenvalue weighted by atomic mass is 32.2. The molecule has 4 aromatic rings. The quantitative estimate of drug-likeness (QED) is 0.364. The van der Waals surface area contributed by atoms with Gasteiger partial charge in [-0.05, 0) is 49.5 Å². The molecule has 37 heavy (non-hydrogen) atoms. The van der Waals surface area contributed by atoms with Gasteiger partial charge in [0.2, 0.25) is 5.95 Å². The number of benzene rings is 1. The van der Waals surface area contributed by atoms with Crippen molar-refractivity contribution in [3.8, 4) is 5.82 Å². The van der Waals surface area contributed by atoms with Gasteiger partial charge in [-0.3, -0.25) is 4.57 Å². The molecule has 192 valence electrons. The van der Waals surface area contributed by atoms with Crippen LogP contribution < -0.4 is 10.2 Å². The van der Waals surface area contributed by atoms with Crippen LogP contribution in [0.25, 0.3) is 16.9 Å². The fourth-order valence-corrected chi connectivity index (χ4v) is 4.97. The number of fused-ring (bicyclic) bond motifs is 1. The molecule has 10 heteroatoms. The summed E-state index contributed by atoms with van der Waals surface area (Å²) in [5.41, 5.74) is 3.84. The molecule has 0 spiro atoms. The molecule has 1 saturated heterocycles. The predicted octanol–water partition coefficient (Wildman–Crippen LogP) is 4.40. The molecule has 0 aliphatic carbocycles. The van der Waals surface area contributed by atoms with Crippen LogP contribution in [0.1, 0.15) is 5.69 Å². The molecule has 4 heterocycles. The maximum atomic E-state index is 12.2. The highest BCUT2D eigenvalue weighted by Crippen LogP contribution is 2.26. The van der Waals surface area contributed by atoms with Crippen LogP contribution in [0.3, 0.4) is 0 Å². The Hall–Kier alpha value is -3.76. The topological polar surface area (TPSA) is 91.5 Å². The lowest BCUT2D eigenvalue weighted by Crippen LogP contribution is -2.44. The molecular formula is C27H32N8OS. The van der Waals surface area contributed by atoms with Crippen molar-refractivity contribution in [2.45, 2.75) is 6.42 Å². The van der Waals surface area contributed by atoms with Crippen LogP contribution in [-0.4, -0.2) is 74.4 Å². The number of nitrogens with one attached hydrogen (secondary N) is 1. The van der Waals surface area contributed by atoms with Crippen molar-refractivity contribution in [3.63, 3.8) is 0 Å². The van der Waals surface area contributed by atoms with Gasteiger partial charge in [-0.25, -0.2) is 14.2 Å². The number of rotatable bonds is 7. The van der Waals surface area contributed by atoms with Gasteiger partial charge in [-0.2, -0.15) is 9.35 Å². The normalized spacial score (nSPS) is 14.6. The minimum absolute atomic E-state index is 0.423. The standard InChI is InChI=1S/C27H32N8OS/c1-5-7-23-18-20-19-28-27(29-21-10-12-22(13-11-21)34-16-14-33(2)15-17-34)31-26(20)35(23)25-9-6-8-24(30-25)32-37(3,4)36/h5-6,8-13,18-19H,1,7,14-17H2,2-4H3,(H,28,29,31). The zero-order chi connectivity index (χ0) is 26.0. The Balaban J connectivity index is 1.46. The average Bonchev–Trinajstić information content (AvgIpc) is 3.22. The Kier molecular flexibility index (Phi) is 6.94. The first-order chi connectivity index (χ1) is 17.8. The van der Waals surface area contributed by atoms with E-state index in [0.717, 1.165) is 48.6 Å². The molecule has 1 aliphatic rings. The van der Waals surface area contributed by atoms with Crippen LogP contribution in [0.5, 0.6) is 0 Å². The van der Waals surface area contributed by atoms with Gasteiger partial charge in [0.15, 0.2) is 11.5 Å². The number of piperazine rings is 1. The molecule has 1 aromatic carbocycles. The molecule has 3 aromatic heterocycles. The fourth-order valence-electron chi connectivity index (χ4n) is 4.42. The first kappa shape index (κ1) is 24.9. The van der Waals surface area contributed by atoms with E-state index in [1.165, 1.54) is 5.69 Å². The number of hydrogen-bond acceptors (Lipinski definition) is 8. The smallest absolute Gasteiger partial charge is 0.229 e. The minimum atomic E-state index is -2.33. The second-order valence-corrected chi connectivity index (χ2v) is 12.1. The number of aromatic nitrogens is 4. The number of nitrogens with zero attached hydrogens (tertiary/aromatic N) is 7. The lowest BCUT2D eigenvalue weighted by atomic mass is 10.2. The van der Waals surface area contributed by atoms with Crippen molar-refractivity contribution >= 4 is 43.9 Å². The molecule has 0 bridgehead atoms. The summed E-state index contributed by atoms with van der Waals surface area (Å²) in [5.74, 6) is 1.57. The average molecular weight is 517 g/mol. The third-order valence-electron chi connectivity index (χ3n) is 6.22. The van der Waals surface area contributed by atoms with Gasteiger partial charge in [0.1, 0.15) is 5.82 Å². The van der Waals surface area contributed by atoms with Crippen LogP contribution in [0.4, 0.5) is 23.1 Å². The molecule has 5 rings (SSSR count). The van der Waals surface area contributed by atoms with Crippen LogP contribution in [0, 0.1) is 0 Å². The summed E-state index contributed by atoms with van der Waals surface area (Å²) in [6, 6.07) is 15.9. The van der Waals surface area contributed by atoms with Crippen LogP contribution >= 0.6 is 0 Å². The summed E-state index contributed by atoms with van der Waals surface area (Å²) in [7, 11) is -0.172.